The standard InChI is InChI=1S/C23H36N4O2/c1-4-5-6-7-9-21(22(24)28)29-20-12-10-19(11-13-20)23(2,3)26-14-8-16-27-17-15-25-18-27/h10-13,15,17-18,21,26H,4-9,14,16H2,1-3H3,(H2,24,28). The van der Waals surface area contributed by atoms with Crippen LogP contribution >= 0.6 is 0 Å². The maximum atomic E-state index is 11.7. The third-order valence-electron chi connectivity index (χ3n) is 5.21. The van der Waals surface area contributed by atoms with Crippen LogP contribution in [0.4, 0.5) is 0 Å². The zero-order valence-electron chi connectivity index (χ0n) is 18.1. The van der Waals surface area contributed by atoms with Gasteiger partial charge in [0.1, 0.15) is 5.75 Å². The third-order valence-corrected chi connectivity index (χ3v) is 5.21. The second kappa shape index (κ2) is 11.6. The van der Waals surface area contributed by atoms with Crippen molar-refractivity contribution in [1.29, 1.82) is 0 Å². The van der Waals surface area contributed by atoms with Gasteiger partial charge < -0.3 is 20.4 Å². The summed E-state index contributed by atoms with van der Waals surface area (Å²) in [5.41, 5.74) is 6.54. The van der Waals surface area contributed by atoms with Crippen LogP contribution in [0.3, 0.4) is 0 Å². The minimum Gasteiger partial charge on any atom is -0.481 e. The molecule has 0 saturated heterocycles. The van der Waals surface area contributed by atoms with Gasteiger partial charge in [-0.15, -0.1) is 0 Å². The Morgan fingerprint density at radius 2 is 1.97 bits per heavy atom. The van der Waals surface area contributed by atoms with Crippen molar-refractivity contribution >= 4 is 5.91 Å². The fraction of sp³-hybridized carbons (Fsp3) is 0.565. The lowest BCUT2D eigenvalue weighted by Crippen LogP contribution is -2.37. The number of hydrogen-bond donors (Lipinski definition) is 2. The summed E-state index contributed by atoms with van der Waals surface area (Å²) in [7, 11) is 0. The normalized spacial score (nSPS) is 12.7. The third kappa shape index (κ3) is 7.89. The summed E-state index contributed by atoms with van der Waals surface area (Å²) in [4.78, 5) is 15.8. The number of amides is 1. The molecule has 0 aliphatic carbocycles. The summed E-state index contributed by atoms with van der Waals surface area (Å²) in [6.45, 7) is 8.35. The molecule has 6 nitrogen and oxygen atoms in total. The molecule has 29 heavy (non-hydrogen) atoms. The molecular formula is C23H36N4O2. The number of rotatable bonds is 14. The number of carbonyl (C=O) groups is 1. The van der Waals surface area contributed by atoms with Crippen molar-refractivity contribution in [1.82, 2.24) is 14.9 Å². The van der Waals surface area contributed by atoms with Gasteiger partial charge in [-0.3, -0.25) is 4.79 Å². The van der Waals surface area contributed by atoms with Crippen LogP contribution in [0.5, 0.6) is 5.75 Å². The number of benzene rings is 1. The molecular weight excluding hydrogens is 364 g/mol. The molecule has 2 aromatic rings. The summed E-state index contributed by atoms with van der Waals surface area (Å²) < 4.78 is 7.94. The van der Waals surface area contributed by atoms with Crippen LogP contribution in [-0.2, 0) is 16.9 Å². The van der Waals surface area contributed by atoms with E-state index in [1.807, 2.05) is 36.8 Å². The van der Waals surface area contributed by atoms with Crippen molar-refractivity contribution in [2.24, 2.45) is 5.73 Å². The smallest absolute Gasteiger partial charge is 0.258 e. The first-order chi connectivity index (χ1) is 13.9. The zero-order valence-corrected chi connectivity index (χ0v) is 18.1. The van der Waals surface area contributed by atoms with Gasteiger partial charge in [-0.05, 0) is 57.4 Å². The highest BCUT2D eigenvalue weighted by atomic mass is 16.5. The molecule has 1 heterocycles. The van der Waals surface area contributed by atoms with E-state index in [4.69, 9.17) is 10.5 Å². The predicted molar refractivity (Wildman–Crippen MR) is 117 cm³/mol. The Hall–Kier alpha value is -2.34. The molecule has 0 bridgehead atoms. The number of primary amides is 1. The van der Waals surface area contributed by atoms with Gasteiger partial charge in [0.15, 0.2) is 6.10 Å². The topological polar surface area (TPSA) is 82.2 Å². The first kappa shape index (κ1) is 22.9. The van der Waals surface area contributed by atoms with Crippen LogP contribution in [0.15, 0.2) is 43.0 Å². The monoisotopic (exact) mass is 400 g/mol. The van der Waals surface area contributed by atoms with Gasteiger partial charge in [-0.25, -0.2) is 4.98 Å². The van der Waals surface area contributed by atoms with Crippen LogP contribution in [0.1, 0.15) is 64.9 Å². The number of carbonyl (C=O) groups excluding carboxylic acids is 1. The van der Waals surface area contributed by atoms with Crippen molar-refractivity contribution < 1.29 is 9.53 Å². The van der Waals surface area contributed by atoms with Gasteiger partial charge in [0.05, 0.1) is 6.33 Å². The Kier molecular flexibility index (Phi) is 9.19. The number of aryl methyl sites for hydroxylation is 1. The summed E-state index contributed by atoms with van der Waals surface area (Å²) in [5.74, 6) is 0.286. The second-order valence-corrected chi connectivity index (χ2v) is 8.09. The Morgan fingerprint density at radius 3 is 2.59 bits per heavy atom. The van der Waals surface area contributed by atoms with E-state index in [-0.39, 0.29) is 5.54 Å². The molecule has 1 aromatic heterocycles. The molecule has 1 unspecified atom stereocenters. The molecule has 1 aromatic carbocycles. The summed E-state index contributed by atoms with van der Waals surface area (Å²) in [6.07, 6.45) is 11.1. The number of unbranched alkanes of at least 4 members (excludes halogenated alkanes) is 3. The van der Waals surface area contributed by atoms with E-state index in [9.17, 15) is 4.79 Å². The quantitative estimate of drug-likeness (QED) is 0.470. The fourth-order valence-electron chi connectivity index (χ4n) is 3.31. The molecule has 0 aliphatic heterocycles. The van der Waals surface area contributed by atoms with Crippen LogP contribution in [0, 0.1) is 0 Å². The van der Waals surface area contributed by atoms with Crippen molar-refractivity contribution in [2.75, 3.05) is 6.54 Å². The van der Waals surface area contributed by atoms with E-state index < -0.39 is 12.0 Å². The lowest BCUT2D eigenvalue weighted by molar-refractivity contribution is -0.125. The highest BCUT2D eigenvalue weighted by Gasteiger charge is 2.20. The van der Waals surface area contributed by atoms with Gasteiger partial charge in [-0.2, -0.15) is 0 Å². The lowest BCUT2D eigenvalue weighted by atomic mass is 9.94. The molecule has 2 rings (SSSR count). The van der Waals surface area contributed by atoms with Crippen LogP contribution < -0.4 is 15.8 Å². The molecule has 0 radical (unpaired) electrons. The number of nitrogens with zero attached hydrogens (tertiary/aromatic N) is 2. The Balaban J connectivity index is 1.83. The van der Waals surface area contributed by atoms with E-state index >= 15 is 0 Å². The number of imidazole rings is 1. The van der Waals surface area contributed by atoms with E-state index in [1.165, 1.54) is 12.0 Å². The van der Waals surface area contributed by atoms with Crippen molar-refractivity contribution in [3.8, 4) is 5.75 Å². The molecule has 0 fully saturated rings. The SMILES string of the molecule is CCCCCCC(Oc1ccc(C(C)(C)NCCCn2ccnc2)cc1)C(N)=O. The van der Waals surface area contributed by atoms with Gasteiger partial charge >= 0.3 is 0 Å². The predicted octanol–water partition coefficient (Wildman–Crippen LogP) is 4.00. The first-order valence-corrected chi connectivity index (χ1v) is 10.7. The molecule has 6 heteroatoms. The average molecular weight is 401 g/mol. The Morgan fingerprint density at radius 1 is 1.21 bits per heavy atom. The Labute approximate surface area is 174 Å². The molecule has 1 atom stereocenters. The molecule has 3 N–H and O–H groups in total. The van der Waals surface area contributed by atoms with E-state index in [0.29, 0.717) is 12.2 Å². The average Bonchev–Trinajstić information content (AvgIpc) is 3.21. The summed E-state index contributed by atoms with van der Waals surface area (Å²) in [5, 5.41) is 3.61. The van der Waals surface area contributed by atoms with Gasteiger partial charge in [0.25, 0.3) is 5.91 Å². The second-order valence-electron chi connectivity index (χ2n) is 8.09. The Bertz CT molecular complexity index is 711. The highest BCUT2D eigenvalue weighted by Crippen LogP contribution is 2.24. The van der Waals surface area contributed by atoms with E-state index in [2.05, 4.69) is 35.6 Å². The lowest BCUT2D eigenvalue weighted by Gasteiger charge is -2.27. The van der Waals surface area contributed by atoms with Crippen LogP contribution in [-0.4, -0.2) is 28.1 Å². The number of aromatic nitrogens is 2. The first-order valence-electron chi connectivity index (χ1n) is 10.7. The number of nitrogens with two attached hydrogens (primary N) is 1. The summed E-state index contributed by atoms with van der Waals surface area (Å²) in [6, 6.07) is 7.94. The molecule has 0 aliphatic rings. The van der Waals surface area contributed by atoms with Crippen LogP contribution in [0.25, 0.3) is 0 Å². The minimum absolute atomic E-state index is 0.156. The van der Waals surface area contributed by atoms with Gasteiger partial charge in [0.2, 0.25) is 0 Å². The molecule has 1 amide bonds. The van der Waals surface area contributed by atoms with Gasteiger partial charge in [-0.1, -0.05) is 38.3 Å². The molecule has 160 valence electrons. The number of ether oxygens (including phenoxy) is 1. The number of hydrogen-bond acceptors (Lipinski definition) is 4. The highest BCUT2D eigenvalue weighted by molar-refractivity contribution is 5.79. The largest absolute Gasteiger partial charge is 0.481 e. The maximum absolute atomic E-state index is 11.7. The maximum Gasteiger partial charge on any atom is 0.258 e. The van der Waals surface area contributed by atoms with Crippen LogP contribution in [0.2, 0.25) is 0 Å². The van der Waals surface area contributed by atoms with Gasteiger partial charge in [0, 0.05) is 24.5 Å². The van der Waals surface area contributed by atoms with E-state index in [0.717, 1.165) is 38.8 Å². The van der Waals surface area contributed by atoms with E-state index in [1.54, 1.807) is 6.20 Å². The minimum atomic E-state index is -0.563. The summed E-state index contributed by atoms with van der Waals surface area (Å²) >= 11 is 0. The van der Waals surface area contributed by atoms with Crippen molar-refractivity contribution in [2.45, 2.75) is 77.5 Å². The van der Waals surface area contributed by atoms with Crippen molar-refractivity contribution in [3.05, 3.63) is 48.5 Å². The number of nitrogens with one attached hydrogen (secondary N) is 1. The fourth-order valence-corrected chi connectivity index (χ4v) is 3.31. The molecule has 0 spiro atoms. The zero-order chi connectivity index (χ0) is 21.1. The van der Waals surface area contributed by atoms with Crippen molar-refractivity contribution in [3.63, 3.8) is 0 Å². The molecule has 0 saturated carbocycles.